The molecule has 0 unspecified atom stereocenters. The van der Waals surface area contributed by atoms with Gasteiger partial charge in [0.1, 0.15) is 11.6 Å². The predicted molar refractivity (Wildman–Crippen MR) is 104 cm³/mol. The summed E-state index contributed by atoms with van der Waals surface area (Å²) in [5.74, 6) is -2.35. The second kappa shape index (κ2) is 7.36. The number of nitrogens with zero attached hydrogens (tertiary/aromatic N) is 3. The van der Waals surface area contributed by atoms with Crippen molar-refractivity contribution in [2.24, 2.45) is 0 Å². The lowest BCUT2D eigenvalue weighted by Crippen LogP contribution is -2.31. The minimum Gasteiger partial charge on any atom is -0.293 e. The monoisotopic (exact) mass is 369 g/mol. The SMILES string of the molecule is O=C(c1ccccc1)C(C(=O)c1ccccc1)c1nn2ccccc2nc1=O. The molecule has 0 atom stereocenters. The highest BCUT2D eigenvalue weighted by atomic mass is 16.2. The molecule has 0 radical (unpaired) electrons. The number of hydrogen-bond donors (Lipinski definition) is 0. The molecule has 2 aromatic heterocycles. The predicted octanol–water partition coefficient (Wildman–Crippen LogP) is 2.94. The summed E-state index contributed by atoms with van der Waals surface area (Å²) in [5, 5.41) is 4.27. The van der Waals surface area contributed by atoms with Crippen LogP contribution in [-0.4, -0.2) is 26.2 Å². The molecule has 0 aliphatic rings. The van der Waals surface area contributed by atoms with Crippen LogP contribution in [0, 0.1) is 0 Å². The smallest absolute Gasteiger partial charge is 0.293 e. The summed E-state index contributed by atoms with van der Waals surface area (Å²) in [4.78, 5) is 43.1. The molecule has 2 heterocycles. The van der Waals surface area contributed by atoms with E-state index in [1.165, 1.54) is 4.52 Å². The maximum absolute atomic E-state index is 13.2. The Bertz CT molecular complexity index is 1170. The van der Waals surface area contributed by atoms with Crippen LogP contribution in [0.5, 0.6) is 0 Å². The van der Waals surface area contributed by atoms with Gasteiger partial charge in [-0.25, -0.2) is 4.52 Å². The van der Waals surface area contributed by atoms with Gasteiger partial charge in [-0.2, -0.15) is 10.1 Å². The van der Waals surface area contributed by atoms with Crippen LogP contribution in [0.4, 0.5) is 0 Å². The van der Waals surface area contributed by atoms with Crippen LogP contribution in [0.1, 0.15) is 32.3 Å². The third-order valence-electron chi connectivity index (χ3n) is 4.38. The number of carbonyl (C=O) groups excluding carboxylic acids is 2. The summed E-state index contributed by atoms with van der Waals surface area (Å²) in [5.41, 5.74) is 0.123. The molecule has 0 N–H and O–H groups in total. The van der Waals surface area contributed by atoms with Gasteiger partial charge < -0.3 is 0 Å². The zero-order chi connectivity index (χ0) is 19.5. The third kappa shape index (κ3) is 3.23. The maximum Gasteiger partial charge on any atom is 0.296 e. The molecule has 0 aliphatic heterocycles. The normalized spacial score (nSPS) is 10.9. The number of carbonyl (C=O) groups is 2. The van der Waals surface area contributed by atoms with Gasteiger partial charge in [0, 0.05) is 17.3 Å². The Morgan fingerprint density at radius 1 is 0.750 bits per heavy atom. The van der Waals surface area contributed by atoms with Crippen molar-refractivity contribution in [2.75, 3.05) is 0 Å². The highest BCUT2D eigenvalue weighted by Crippen LogP contribution is 2.22. The van der Waals surface area contributed by atoms with Gasteiger partial charge in [-0.05, 0) is 12.1 Å². The summed E-state index contributed by atoms with van der Waals surface area (Å²) >= 11 is 0. The van der Waals surface area contributed by atoms with Crippen molar-refractivity contribution < 1.29 is 9.59 Å². The summed E-state index contributed by atoms with van der Waals surface area (Å²) in [7, 11) is 0. The van der Waals surface area contributed by atoms with Crippen LogP contribution in [0.15, 0.2) is 89.9 Å². The quantitative estimate of drug-likeness (QED) is 0.399. The first kappa shape index (κ1) is 17.5. The number of aromatic nitrogens is 3. The Hall–Kier alpha value is -3.93. The number of rotatable bonds is 5. The van der Waals surface area contributed by atoms with E-state index >= 15 is 0 Å². The Kier molecular flexibility index (Phi) is 4.60. The zero-order valence-corrected chi connectivity index (χ0v) is 14.7. The van der Waals surface area contributed by atoms with Crippen LogP contribution in [0.25, 0.3) is 5.65 Å². The van der Waals surface area contributed by atoms with Gasteiger partial charge in [0.2, 0.25) is 0 Å². The van der Waals surface area contributed by atoms with Crippen molar-refractivity contribution in [1.82, 2.24) is 14.6 Å². The molecule has 0 spiro atoms. The van der Waals surface area contributed by atoms with E-state index in [1.807, 2.05) is 0 Å². The standard InChI is InChI=1S/C22H15N3O3/c26-20(15-9-3-1-4-10-15)18(21(27)16-11-5-2-6-12-16)19-22(28)23-17-13-7-8-14-25(17)24-19/h1-14,18H. The number of hydrogen-bond acceptors (Lipinski definition) is 5. The van der Waals surface area contributed by atoms with Crippen molar-refractivity contribution >= 4 is 17.2 Å². The van der Waals surface area contributed by atoms with Crippen LogP contribution < -0.4 is 5.56 Å². The Labute approximate surface area is 160 Å². The molecule has 4 aromatic rings. The van der Waals surface area contributed by atoms with Crippen LogP contribution >= 0.6 is 0 Å². The molecule has 6 heteroatoms. The molecule has 0 aliphatic carbocycles. The largest absolute Gasteiger partial charge is 0.296 e. The van der Waals surface area contributed by atoms with E-state index in [9.17, 15) is 14.4 Å². The zero-order valence-electron chi connectivity index (χ0n) is 14.7. The molecule has 0 bridgehead atoms. The Morgan fingerprint density at radius 3 is 1.86 bits per heavy atom. The molecule has 0 amide bonds. The van der Waals surface area contributed by atoms with Gasteiger partial charge in [-0.1, -0.05) is 66.7 Å². The number of fused-ring (bicyclic) bond motifs is 1. The first-order chi connectivity index (χ1) is 13.6. The lowest BCUT2D eigenvalue weighted by molar-refractivity contribution is 0.0856. The maximum atomic E-state index is 13.2. The van der Waals surface area contributed by atoms with E-state index in [4.69, 9.17) is 0 Å². The molecule has 6 nitrogen and oxygen atoms in total. The molecule has 0 saturated carbocycles. The lowest BCUT2D eigenvalue weighted by atomic mass is 9.87. The van der Waals surface area contributed by atoms with E-state index in [1.54, 1.807) is 85.1 Å². The minimum atomic E-state index is -1.37. The van der Waals surface area contributed by atoms with Gasteiger partial charge >= 0.3 is 0 Å². The molecule has 0 saturated heterocycles. The van der Waals surface area contributed by atoms with Crippen LogP contribution in [-0.2, 0) is 0 Å². The summed E-state index contributed by atoms with van der Waals surface area (Å²) in [6.45, 7) is 0. The fourth-order valence-electron chi connectivity index (χ4n) is 3.01. The van der Waals surface area contributed by atoms with E-state index in [0.717, 1.165) is 0 Å². The van der Waals surface area contributed by atoms with Gasteiger partial charge in [0.05, 0.1) is 0 Å². The van der Waals surface area contributed by atoms with Crippen molar-refractivity contribution in [1.29, 1.82) is 0 Å². The van der Waals surface area contributed by atoms with Crippen molar-refractivity contribution in [3.8, 4) is 0 Å². The molecule has 4 rings (SSSR count). The van der Waals surface area contributed by atoms with Crippen LogP contribution in [0.2, 0.25) is 0 Å². The molecule has 0 fully saturated rings. The molecule has 136 valence electrons. The van der Waals surface area contributed by atoms with Crippen LogP contribution in [0.3, 0.4) is 0 Å². The van der Waals surface area contributed by atoms with E-state index in [2.05, 4.69) is 10.1 Å². The third-order valence-corrected chi connectivity index (χ3v) is 4.38. The fraction of sp³-hybridized carbons (Fsp3) is 0.0455. The molecular weight excluding hydrogens is 354 g/mol. The Balaban J connectivity index is 1.91. The topological polar surface area (TPSA) is 81.4 Å². The number of benzene rings is 2. The van der Waals surface area contributed by atoms with E-state index < -0.39 is 23.0 Å². The van der Waals surface area contributed by atoms with Gasteiger partial charge in [-0.3, -0.25) is 14.4 Å². The fourth-order valence-corrected chi connectivity index (χ4v) is 3.01. The van der Waals surface area contributed by atoms with Crippen molar-refractivity contribution in [2.45, 2.75) is 5.92 Å². The minimum absolute atomic E-state index is 0.189. The van der Waals surface area contributed by atoms with E-state index in [-0.39, 0.29) is 5.69 Å². The number of pyridine rings is 1. The average Bonchev–Trinajstić information content (AvgIpc) is 2.75. The second-order valence-electron chi connectivity index (χ2n) is 6.20. The Morgan fingerprint density at radius 2 is 1.29 bits per heavy atom. The van der Waals surface area contributed by atoms with Gasteiger partial charge in [0.15, 0.2) is 17.2 Å². The summed E-state index contributed by atoms with van der Waals surface area (Å²) in [6, 6.07) is 21.9. The highest BCUT2D eigenvalue weighted by Gasteiger charge is 2.34. The van der Waals surface area contributed by atoms with Gasteiger partial charge in [0.25, 0.3) is 5.56 Å². The average molecular weight is 369 g/mol. The second-order valence-corrected chi connectivity index (χ2v) is 6.20. The lowest BCUT2D eigenvalue weighted by Gasteiger charge is -2.14. The van der Waals surface area contributed by atoms with Crippen molar-refractivity contribution in [3.05, 3.63) is 112 Å². The highest BCUT2D eigenvalue weighted by molar-refractivity contribution is 6.19. The molecule has 2 aromatic carbocycles. The molecular formula is C22H15N3O3. The number of Topliss-reactive ketones (excluding diaryl/α,β-unsaturated/α-hetero) is 2. The van der Waals surface area contributed by atoms with Crippen molar-refractivity contribution in [3.63, 3.8) is 0 Å². The van der Waals surface area contributed by atoms with E-state index in [0.29, 0.717) is 16.8 Å². The first-order valence-electron chi connectivity index (χ1n) is 8.69. The number of ketones is 2. The summed E-state index contributed by atoms with van der Waals surface area (Å²) in [6.07, 6.45) is 1.61. The molecule has 28 heavy (non-hydrogen) atoms. The van der Waals surface area contributed by atoms with Gasteiger partial charge in [-0.15, -0.1) is 0 Å². The first-order valence-corrected chi connectivity index (χ1v) is 8.69. The summed E-state index contributed by atoms with van der Waals surface area (Å²) < 4.78 is 1.39.